The van der Waals surface area contributed by atoms with Gasteiger partial charge in [-0.15, -0.1) is 0 Å². The van der Waals surface area contributed by atoms with E-state index in [4.69, 9.17) is 15.2 Å². The Balaban J connectivity index is 1.71. The van der Waals surface area contributed by atoms with E-state index in [-0.39, 0.29) is 0 Å². The largest absolute Gasteiger partial charge is 0.491 e. The maximum atomic E-state index is 5.85. The van der Waals surface area contributed by atoms with Gasteiger partial charge in [0.2, 0.25) is 0 Å². The molecule has 0 spiro atoms. The van der Waals surface area contributed by atoms with Crippen LogP contribution in [0.1, 0.15) is 11.1 Å². The van der Waals surface area contributed by atoms with Gasteiger partial charge in [0, 0.05) is 5.69 Å². The summed E-state index contributed by atoms with van der Waals surface area (Å²) < 4.78 is 11.1. The van der Waals surface area contributed by atoms with Crippen molar-refractivity contribution in [2.24, 2.45) is 0 Å². The molecule has 0 bridgehead atoms. The van der Waals surface area contributed by atoms with E-state index in [9.17, 15) is 0 Å². The summed E-state index contributed by atoms with van der Waals surface area (Å²) in [7, 11) is 0. The Hall–Kier alpha value is -2.00. The lowest BCUT2D eigenvalue weighted by atomic mass is 10.1. The van der Waals surface area contributed by atoms with Crippen molar-refractivity contribution in [2.45, 2.75) is 13.5 Å². The van der Waals surface area contributed by atoms with Gasteiger partial charge >= 0.3 is 0 Å². The number of hydrogen-bond acceptors (Lipinski definition) is 3. The van der Waals surface area contributed by atoms with E-state index < -0.39 is 0 Å². The Kier molecular flexibility index (Phi) is 4.81. The lowest BCUT2D eigenvalue weighted by molar-refractivity contribution is 0.0886. The molecular weight excluding hydrogens is 238 g/mol. The molecule has 0 aromatic heterocycles. The molecule has 2 aromatic carbocycles. The van der Waals surface area contributed by atoms with Gasteiger partial charge < -0.3 is 15.2 Å². The smallest absolute Gasteiger partial charge is 0.119 e. The average Bonchev–Trinajstić information content (AvgIpc) is 2.44. The maximum Gasteiger partial charge on any atom is 0.119 e. The van der Waals surface area contributed by atoms with Crippen molar-refractivity contribution in [3.8, 4) is 5.75 Å². The first kappa shape index (κ1) is 13.4. The second kappa shape index (κ2) is 6.81. The van der Waals surface area contributed by atoms with Crippen molar-refractivity contribution in [2.75, 3.05) is 18.9 Å². The number of nitrogen functional groups attached to an aromatic ring is 1. The Morgan fingerprint density at radius 2 is 1.74 bits per heavy atom. The Morgan fingerprint density at radius 1 is 0.947 bits per heavy atom. The van der Waals surface area contributed by atoms with Gasteiger partial charge in [0.15, 0.2) is 0 Å². The number of ether oxygens (including phenoxy) is 2. The van der Waals surface area contributed by atoms with Gasteiger partial charge in [-0.3, -0.25) is 0 Å². The molecule has 19 heavy (non-hydrogen) atoms. The predicted octanol–water partition coefficient (Wildman–Crippen LogP) is 3.17. The lowest BCUT2D eigenvalue weighted by Gasteiger charge is -2.10. The summed E-state index contributed by atoms with van der Waals surface area (Å²) in [6.07, 6.45) is 0. The Labute approximate surface area is 114 Å². The van der Waals surface area contributed by atoms with E-state index >= 15 is 0 Å². The van der Waals surface area contributed by atoms with Gasteiger partial charge in [0.25, 0.3) is 0 Å². The molecule has 0 amide bonds. The molecule has 0 atom stereocenters. The summed E-state index contributed by atoms with van der Waals surface area (Å²) in [6, 6.07) is 15.6. The second-order valence-electron chi connectivity index (χ2n) is 4.35. The monoisotopic (exact) mass is 257 g/mol. The highest BCUT2D eigenvalue weighted by Crippen LogP contribution is 2.16. The van der Waals surface area contributed by atoms with E-state index in [1.54, 1.807) is 0 Å². The zero-order valence-electron chi connectivity index (χ0n) is 11.1. The van der Waals surface area contributed by atoms with Crippen LogP contribution < -0.4 is 10.5 Å². The molecule has 2 rings (SSSR count). The fourth-order valence-corrected chi connectivity index (χ4v) is 1.78. The minimum Gasteiger partial charge on any atom is -0.491 e. The van der Waals surface area contributed by atoms with Gasteiger partial charge in [-0.25, -0.2) is 0 Å². The topological polar surface area (TPSA) is 44.5 Å². The first-order valence-corrected chi connectivity index (χ1v) is 6.37. The van der Waals surface area contributed by atoms with Crippen LogP contribution in [-0.2, 0) is 11.3 Å². The number of benzene rings is 2. The highest BCUT2D eigenvalue weighted by Gasteiger charge is 2.01. The van der Waals surface area contributed by atoms with Crippen LogP contribution >= 0.6 is 0 Å². The number of nitrogens with two attached hydrogens (primary N) is 1. The van der Waals surface area contributed by atoms with Crippen LogP contribution in [0.2, 0.25) is 0 Å². The molecule has 0 aliphatic carbocycles. The van der Waals surface area contributed by atoms with E-state index in [1.807, 2.05) is 55.5 Å². The van der Waals surface area contributed by atoms with Crippen LogP contribution in [0, 0.1) is 6.92 Å². The van der Waals surface area contributed by atoms with Crippen LogP contribution in [0.5, 0.6) is 5.75 Å². The lowest BCUT2D eigenvalue weighted by Crippen LogP contribution is -2.07. The molecule has 3 nitrogen and oxygen atoms in total. The molecule has 0 aliphatic heterocycles. The van der Waals surface area contributed by atoms with Gasteiger partial charge in [-0.05, 0) is 36.2 Å². The second-order valence-corrected chi connectivity index (χ2v) is 4.35. The van der Waals surface area contributed by atoms with Crippen molar-refractivity contribution in [3.05, 3.63) is 59.7 Å². The SMILES string of the molecule is Cc1c(N)cccc1COCCOc1ccccc1. The van der Waals surface area contributed by atoms with Crippen LogP contribution in [0.4, 0.5) is 5.69 Å². The third-order valence-corrected chi connectivity index (χ3v) is 2.99. The van der Waals surface area contributed by atoms with Crippen molar-refractivity contribution in [1.29, 1.82) is 0 Å². The molecule has 0 fully saturated rings. The van der Waals surface area contributed by atoms with E-state index in [1.165, 1.54) is 0 Å². The molecule has 2 N–H and O–H groups in total. The van der Waals surface area contributed by atoms with Crippen molar-refractivity contribution in [1.82, 2.24) is 0 Å². The van der Waals surface area contributed by atoms with E-state index in [0.29, 0.717) is 19.8 Å². The van der Waals surface area contributed by atoms with Crippen LogP contribution in [-0.4, -0.2) is 13.2 Å². The first-order valence-electron chi connectivity index (χ1n) is 6.37. The molecule has 0 radical (unpaired) electrons. The van der Waals surface area contributed by atoms with Gasteiger partial charge in [0.1, 0.15) is 12.4 Å². The minimum atomic E-state index is 0.547. The summed E-state index contributed by atoms with van der Waals surface area (Å²) >= 11 is 0. The fourth-order valence-electron chi connectivity index (χ4n) is 1.78. The molecule has 3 heteroatoms. The highest BCUT2D eigenvalue weighted by molar-refractivity contribution is 5.49. The molecule has 0 unspecified atom stereocenters. The molecular formula is C16H19NO2. The van der Waals surface area contributed by atoms with Crippen molar-refractivity contribution in [3.63, 3.8) is 0 Å². The summed E-state index contributed by atoms with van der Waals surface area (Å²) in [6.45, 7) is 3.68. The Bertz CT molecular complexity index is 511. The normalized spacial score (nSPS) is 10.4. The zero-order valence-corrected chi connectivity index (χ0v) is 11.1. The van der Waals surface area contributed by atoms with Crippen LogP contribution in [0.25, 0.3) is 0 Å². The minimum absolute atomic E-state index is 0.547. The van der Waals surface area contributed by atoms with Crippen molar-refractivity contribution >= 4 is 5.69 Å². The molecule has 0 heterocycles. The molecule has 0 saturated heterocycles. The van der Waals surface area contributed by atoms with Gasteiger partial charge in [-0.1, -0.05) is 30.3 Å². The third-order valence-electron chi connectivity index (χ3n) is 2.99. The number of hydrogen-bond donors (Lipinski definition) is 1. The average molecular weight is 257 g/mol. The number of para-hydroxylation sites is 1. The standard InChI is InChI=1S/C16H19NO2/c1-13-14(6-5-9-16(13)17)12-18-10-11-19-15-7-3-2-4-8-15/h2-9H,10-12,17H2,1H3. The summed E-state index contributed by atoms with van der Waals surface area (Å²) in [5.74, 6) is 0.867. The molecule has 2 aromatic rings. The third kappa shape index (κ3) is 4.00. The van der Waals surface area contributed by atoms with Gasteiger partial charge in [0.05, 0.1) is 13.2 Å². The molecule has 0 saturated carbocycles. The summed E-state index contributed by atoms with van der Waals surface area (Å²) in [5, 5.41) is 0. The number of rotatable bonds is 6. The number of anilines is 1. The quantitative estimate of drug-likeness (QED) is 0.638. The van der Waals surface area contributed by atoms with E-state index in [0.717, 1.165) is 22.6 Å². The fraction of sp³-hybridized carbons (Fsp3) is 0.250. The zero-order chi connectivity index (χ0) is 13.5. The van der Waals surface area contributed by atoms with E-state index in [2.05, 4.69) is 0 Å². The highest BCUT2D eigenvalue weighted by atomic mass is 16.5. The molecule has 0 aliphatic rings. The van der Waals surface area contributed by atoms with Crippen molar-refractivity contribution < 1.29 is 9.47 Å². The first-order chi connectivity index (χ1) is 9.27. The summed E-state index contributed by atoms with van der Waals surface area (Å²) in [4.78, 5) is 0. The summed E-state index contributed by atoms with van der Waals surface area (Å²) in [5.41, 5.74) is 8.87. The molecule has 100 valence electrons. The van der Waals surface area contributed by atoms with Gasteiger partial charge in [-0.2, -0.15) is 0 Å². The van der Waals surface area contributed by atoms with Crippen LogP contribution in [0.15, 0.2) is 48.5 Å². The Morgan fingerprint density at radius 3 is 2.53 bits per heavy atom. The predicted molar refractivity (Wildman–Crippen MR) is 77.2 cm³/mol. The van der Waals surface area contributed by atoms with Crippen LogP contribution in [0.3, 0.4) is 0 Å². The maximum absolute atomic E-state index is 5.85.